The minimum atomic E-state index is -4.51. The van der Waals surface area contributed by atoms with Gasteiger partial charge >= 0.3 is 0 Å². The Hall–Kier alpha value is -2.03. The normalized spacial score (nSPS) is 15.3. The minimum Gasteiger partial charge on any atom is -0.748 e. The molecule has 0 saturated heterocycles. The van der Waals surface area contributed by atoms with E-state index in [2.05, 4.69) is 0 Å². The standard InChI is InChI=1S/C23H22Cl4N4O6S2/c1-28-18-10-14(24)16(26)12-20(18)30(6-8-38(32,33)34)22(28)4-3-5-23-29(2)19-11-15(25)17(27)13-21(19)31(23)7-9-39(35,36)37/h3-5,10-13H,6-9H2,1-2H3,(H-,32,33,34,35,36,37)/p-1. The Kier molecular flexibility index (Phi) is 8.52. The van der Waals surface area contributed by atoms with Crippen LogP contribution in [0, 0.1) is 0 Å². The van der Waals surface area contributed by atoms with E-state index in [-0.39, 0.29) is 23.1 Å². The summed E-state index contributed by atoms with van der Waals surface area (Å²) in [6, 6.07) is 6.45. The van der Waals surface area contributed by atoms with Crippen molar-refractivity contribution in [1.29, 1.82) is 0 Å². The summed E-state index contributed by atoms with van der Waals surface area (Å²) >= 11 is 24.8. The van der Waals surface area contributed by atoms with Crippen molar-refractivity contribution in [2.24, 2.45) is 7.05 Å². The zero-order valence-corrected chi connectivity index (χ0v) is 25.1. The van der Waals surface area contributed by atoms with Gasteiger partial charge in [0.2, 0.25) is 0 Å². The topological polar surface area (TPSA) is 130 Å². The van der Waals surface area contributed by atoms with Crippen molar-refractivity contribution in [3.05, 3.63) is 68.2 Å². The quantitative estimate of drug-likeness (QED) is 0.263. The van der Waals surface area contributed by atoms with Gasteiger partial charge in [0.1, 0.15) is 12.4 Å². The van der Waals surface area contributed by atoms with E-state index in [9.17, 15) is 25.9 Å². The Morgan fingerprint density at radius 1 is 0.846 bits per heavy atom. The number of halogens is 4. The lowest BCUT2D eigenvalue weighted by molar-refractivity contribution is -0.647. The molecule has 2 heterocycles. The molecular formula is C23H21Cl4N4O6S2-. The van der Waals surface area contributed by atoms with Crippen LogP contribution in [-0.4, -0.2) is 55.6 Å². The van der Waals surface area contributed by atoms with Gasteiger partial charge in [-0.3, -0.25) is 0 Å². The third-order valence-corrected chi connectivity index (χ3v) is 9.01. The highest BCUT2D eigenvalue weighted by Crippen LogP contribution is 2.44. The molecular weight excluding hydrogens is 634 g/mol. The number of hydrogen-bond acceptors (Lipinski definition) is 8. The molecule has 0 unspecified atom stereocenters. The second kappa shape index (κ2) is 11.1. The largest absolute Gasteiger partial charge is 0.748 e. The third-order valence-electron chi connectivity index (χ3n) is 6.20. The first kappa shape index (κ1) is 29.9. The number of rotatable bonds is 8. The molecule has 1 aromatic heterocycles. The molecule has 1 aliphatic heterocycles. The molecule has 0 saturated carbocycles. The number of fused-ring (bicyclic) bond motifs is 2. The molecule has 0 aliphatic carbocycles. The molecule has 0 bridgehead atoms. The van der Waals surface area contributed by atoms with E-state index in [1.54, 1.807) is 75.5 Å². The number of benzene rings is 2. The van der Waals surface area contributed by atoms with Gasteiger partial charge in [0.05, 0.1) is 70.3 Å². The lowest BCUT2D eigenvalue weighted by atomic mass is 10.2. The molecule has 1 aliphatic rings. The molecule has 39 heavy (non-hydrogen) atoms. The number of anilines is 2. The number of allylic oxidation sites excluding steroid dienone is 2. The Bertz CT molecular complexity index is 1750. The number of aryl methyl sites for hydroxylation is 2. The van der Waals surface area contributed by atoms with Crippen LogP contribution in [0.25, 0.3) is 17.1 Å². The van der Waals surface area contributed by atoms with Crippen LogP contribution < -0.4 is 14.4 Å². The Balaban J connectivity index is 1.80. The highest BCUT2D eigenvalue weighted by atomic mass is 35.5. The number of nitrogens with zero attached hydrogens (tertiary/aromatic N) is 4. The van der Waals surface area contributed by atoms with Crippen molar-refractivity contribution >= 4 is 95.1 Å². The molecule has 0 amide bonds. The molecule has 210 valence electrons. The first-order chi connectivity index (χ1) is 18.1. The van der Waals surface area contributed by atoms with Gasteiger partial charge < -0.3 is 18.9 Å². The summed E-state index contributed by atoms with van der Waals surface area (Å²) in [5, 5.41) is 1.13. The highest BCUT2D eigenvalue weighted by Gasteiger charge is 2.30. The molecule has 16 heteroatoms. The van der Waals surface area contributed by atoms with E-state index < -0.39 is 31.7 Å². The van der Waals surface area contributed by atoms with Crippen LogP contribution in [0.3, 0.4) is 0 Å². The van der Waals surface area contributed by atoms with E-state index in [0.717, 1.165) is 0 Å². The second-order valence-electron chi connectivity index (χ2n) is 8.70. The molecule has 0 radical (unpaired) electrons. The summed E-state index contributed by atoms with van der Waals surface area (Å²) in [6.45, 7) is -0.263. The maximum Gasteiger partial charge on any atom is 0.282 e. The summed E-state index contributed by atoms with van der Waals surface area (Å²) in [5.41, 5.74) is 2.44. The van der Waals surface area contributed by atoms with Crippen LogP contribution in [0.2, 0.25) is 20.1 Å². The Labute approximate surface area is 245 Å². The molecule has 0 atom stereocenters. The van der Waals surface area contributed by atoms with Crippen LogP contribution in [-0.2, 0) is 33.8 Å². The number of aromatic nitrogens is 2. The molecule has 0 fully saturated rings. The second-order valence-corrected chi connectivity index (χ2v) is 13.4. The molecule has 0 N–H and O–H groups in total. The molecule has 3 aromatic rings. The lowest BCUT2D eigenvalue weighted by Gasteiger charge is -2.23. The van der Waals surface area contributed by atoms with Gasteiger partial charge in [-0.05, 0) is 18.2 Å². The summed E-state index contributed by atoms with van der Waals surface area (Å²) in [6.07, 6.45) is 5.04. The van der Waals surface area contributed by atoms with Crippen LogP contribution in [0.1, 0.15) is 5.82 Å². The molecule has 2 aromatic carbocycles. The summed E-state index contributed by atoms with van der Waals surface area (Å²) in [7, 11) is -5.52. The monoisotopic (exact) mass is 653 g/mol. The van der Waals surface area contributed by atoms with Gasteiger partial charge in [-0.2, -0.15) is 0 Å². The van der Waals surface area contributed by atoms with Gasteiger partial charge in [-0.25, -0.2) is 26.0 Å². The van der Waals surface area contributed by atoms with Crippen LogP contribution in [0.5, 0.6) is 0 Å². The van der Waals surface area contributed by atoms with E-state index in [0.29, 0.717) is 44.1 Å². The fourth-order valence-corrected chi connectivity index (χ4v) is 5.82. The summed E-state index contributed by atoms with van der Waals surface area (Å²) in [4.78, 5) is 3.40. The van der Waals surface area contributed by atoms with Crippen LogP contribution >= 0.6 is 46.4 Å². The minimum absolute atomic E-state index is 0.132. The molecule has 4 rings (SSSR count). The van der Waals surface area contributed by atoms with Crippen molar-refractivity contribution in [1.82, 2.24) is 4.57 Å². The van der Waals surface area contributed by atoms with E-state index in [4.69, 9.17) is 46.4 Å². The van der Waals surface area contributed by atoms with Crippen LogP contribution in [0.4, 0.5) is 11.4 Å². The Morgan fingerprint density at radius 2 is 1.38 bits per heavy atom. The lowest BCUT2D eigenvalue weighted by Crippen LogP contribution is -2.31. The van der Waals surface area contributed by atoms with Gasteiger partial charge in [-0.1, -0.05) is 52.5 Å². The third kappa shape index (κ3) is 6.49. The fraction of sp³-hybridized carbons (Fsp3) is 0.261. The van der Waals surface area contributed by atoms with Gasteiger partial charge in [0, 0.05) is 31.8 Å². The molecule has 10 nitrogen and oxygen atoms in total. The SMILES string of the molecule is CN1C(=CC=Cc2n(CCS(=O)(=O)[O-])c3cc(Cl)c(Cl)cc3[n+]2C)N(CCS(=O)(=O)[O-])c2cc(Cl)c(Cl)cc21. The zero-order valence-electron chi connectivity index (χ0n) is 20.4. The van der Waals surface area contributed by atoms with E-state index in [1.165, 1.54) is 0 Å². The first-order valence-corrected chi connectivity index (χ1v) is 15.9. The van der Waals surface area contributed by atoms with Crippen molar-refractivity contribution in [2.75, 3.05) is 34.9 Å². The van der Waals surface area contributed by atoms with Gasteiger partial charge in [0.25, 0.3) is 5.82 Å². The van der Waals surface area contributed by atoms with Crippen LogP contribution in [0.15, 0.2) is 42.2 Å². The van der Waals surface area contributed by atoms with E-state index in [1.807, 2.05) is 0 Å². The summed E-state index contributed by atoms with van der Waals surface area (Å²) < 4.78 is 71.7. The van der Waals surface area contributed by atoms with Crippen molar-refractivity contribution in [3.8, 4) is 0 Å². The van der Waals surface area contributed by atoms with Crippen molar-refractivity contribution in [2.45, 2.75) is 6.54 Å². The molecule has 0 spiro atoms. The Morgan fingerprint density at radius 3 is 2.00 bits per heavy atom. The van der Waals surface area contributed by atoms with Gasteiger partial charge in [0.15, 0.2) is 11.0 Å². The highest BCUT2D eigenvalue weighted by molar-refractivity contribution is 7.85. The maximum atomic E-state index is 11.4. The van der Waals surface area contributed by atoms with Crippen molar-refractivity contribution < 1.29 is 30.5 Å². The fourth-order valence-electron chi connectivity index (χ4n) is 4.38. The number of hydrogen-bond donors (Lipinski definition) is 0. The predicted octanol–water partition coefficient (Wildman–Crippen LogP) is 3.98. The van der Waals surface area contributed by atoms with Gasteiger partial charge in [-0.15, -0.1) is 0 Å². The zero-order chi connectivity index (χ0) is 28.9. The smallest absolute Gasteiger partial charge is 0.282 e. The maximum absolute atomic E-state index is 11.4. The first-order valence-electron chi connectivity index (χ1n) is 11.2. The number of imidazole rings is 1. The predicted molar refractivity (Wildman–Crippen MR) is 152 cm³/mol. The average molecular weight is 655 g/mol. The average Bonchev–Trinajstić information content (AvgIpc) is 3.21. The van der Waals surface area contributed by atoms with E-state index >= 15 is 0 Å². The van der Waals surface area contributed by atoms with Crippen molar-refractivity contribution in [3.63, 3.8) is 0 Å². The summed E-state index contributed by atoms with van der Waals surface area (Å²) in [5.74, 6) is -0.227.